The van der Waals surface area contributed by atoms with Crippen LogP contribution in [0.5, 0.6) is 0 Å². The molecule has 6 nitrogen and oxygen atoms in total. The zero-order valence-corrected chi connectivity index (χ0v) is 15.0. The van der Waals surface area contributed by atoms with Crippen LogP contribution in [0.4, 0.5) is 5.69 Å². The molecule has 0 fully saturated rings. The summed E-state index contributed by atoms with van der Waals surface area (Å²) in [6, 6.07) is 9.78. The lowest BCUT2D eigenvalue weighted by atomic mass is 9.83. The van der Waals surface area contributed by atoms with Crippen molar-refractivity contribution in [1.82, 2.24) is 0 Å². The SMILES string of the molecule is CC1=N[N+](CCCS(=O)(=O)[O-])=C(/C=C/Nc2ccccc2)C1(C)C. The molecule has 1 aromatic rings. The molecule has 0 unspecified atom stereocenters. The summed E-state index contributed by atoms with van der Waals surface area (Å²) in [6.45, 7) is 6.48. The molecule has 24 heavy (non-hydrogen) atoms. The molecule has 1 N–H and O–H groups in total. The van der Waals surface area contributed by atoms with E-state index < -0.39 is 10.1 Å². The fraction of sp³-hybridized carbons (Fsp3) is 0.412. The second kappa shape index (κ2) is 7.27. The van der Waals surface area contributed by atoms with Crippen LogP contribution in [-0.4, -0.2) is 41.4 Å². The van der Waals surface area contributed by atoms with Crippen molar-refractivity contribution in [3.8, 4) is 0 Å². The van der Waals surface area contributed by atoms with Crippen molar-refractivity contribution >= 4 is 27.2 Å². The third kappa shape index (κ3) is 4.75. The summed E-state index contributed by atoms with van der Waals surface area (Å²) in [5, 5.41) is 7.71. The van der Waals surface area contributed by atoms with E-state index in [1.165, 1.54) is 0 Å². The van der Waals surface area contributed by atoms with E-state index in [-0.39, 0.29) is 17.6 Å². The standard InChI is InChI=1S/C17H23N3O3S/c1-14-17(2,3)16(10-11-18-15-8-5-4-6-9-15)20(19-14)12-7-13-24(21,22)23/h4-6,8-11H,7,12-13H2,1-3H3,(H,21,22,23). The highest BCUT2D eigenvalue weighted by molar-refractivity contribution is 7.85. The molecule has 0 atom stereocenters. The van der Waals surface area contributed by atoms with E-state index in [0.717, 1.165) is 17.1 Å². The lowest BCUT2D eigenvalue weighted by Gasteiger charge is -2.13. The molecule has 0 saturated heterocycles. The largest absolute Gasteiger partial charge is 0.748 e. The van der Waals surface area contributed by atoms with Crippen molar-refractivity contribution in [2.45, 2.75) is 27.2 Å². The zero-order chi connectivity index (χ0) is 17.8. The lowest BCUT2D eigenvalue weighted by Crippen LogP contribution is -2.30. The molecule has 2 rings (SSSR count). The molecular weight excluding hydrogens is 326 g/mol. The highest BCUT2D eigenvalue weighted by Gasteiger charge is 2.41. The Bertz CT molecular complexity index is 779. The van der Waals surface area contributed by atoms with Crippen molar-refractivity contribution in [3.63, 3.8) is 0 Å². The molecule has 0 aliphatic carbocycles. The maximum Gasteiger partial charge on any atom is 0.221 e. The van der Waals surface area contributed by atoms with Crippen LogP contribution in [0.15, 0.2) is 47.7 Å². The van der Waals surface area contributed by atoms with Gasteiger partial charge in [0.2, 0.25) is 5.71 Å². The summed E-state index contributed by atoms with van der Waals surface area (Å²) >= 11 is 0. The van der Waals surface area contributed by atoms with Crippen LogP contribution in [0.1, 0.15) is 27.2 Å². The van der Waals surface area contributed by atoms with E-state index in [1.54, 1.807) is 4.68 Å². The first kappa shape index (κ1) is 18.4. The lowest BCUT2D eigenvalue weighted by molar-refractivity contribution is -0.530. The number of hydrogen-bond acceptors (Lipinski definition) is 5. The van der Waals surface area contributed by atoms with Gasteiger partial charge in [0.15, 0.2) is 6.54 Å². The van der Waals surface area contributed by atoms with Crippen LogP contribution < -0.4 is 5.32 Å². The second-order valence-electron chi connectivity index (χ2n) is 6.28. The quantitative estimate of drug-likeness (QED) is 0.605. The molecule has 1 aliphatic rings. The number of hydrazone groups is 1. The number of benzene rings is 1. The molecule has 0 amide bonds. The van der Waals surface area contributed by atoms with Crippen molar-refractivity contribution in [2.24, 2.45) is 10.5 Å². The maximum atomic E-state index is 10.8. The molecule has 0 saturated carbocycles. The van der Waals surface area contributed by atoms with Crippen LogP contribution in [0, 0.1) is 5.41 Å². The van der Waals surface area contributed by atoms with Crippen LogP contribution in [0.2, 0.25) is 0 Å². The number of anilines is 1. The number of allylic oxidation sites excluding steroid dienone is 1. The topological polar surface area (TPSA) is 84.6 Å². The number of nitrogens with one attached hydrogen (secondary N) is 1. The van der Waals surface area contributed by atoms with Gasteiger partial charge in [0, 0.05) is 30.1 Å². The Morgan fingerprint density at radius 3 is 2.58 bits per heavy atom. The first-order valence-corrected chi connectivity index (χ1v) is 9.40. The monoisotopic (exact) mass is 349 g/mol. The van der Waals surface area contributed by atoms with Gasteiger partial charge in [0.1, 0.15) is 0 Å². The third-order valence-electron chi connectivity index (χ3n) is 4.12. The van der Waals surface area contributed by atoms with Gasteiger partial charge in [0.05, 0.1) is 21.2 Å². The Kier molecular flexibility index (Phi) is 5.56. The Labute approximate surface area is 143 Å². The summed E-state index contributed by atoms with van der Waals surface area (Å²) in [4.78, 5) is 0. The molecule has 1 heterocycles. The minimum atomic E-state index is -4.19. The zero-order valence-electron chi connectivity index (χ0n) is 14.2. The summed E-state index contributed by atoms with van der Waals surface area (Å²) in [5.74, 6) is -0.377. The highest BCUT2D eigenvalue weighted by atomic mass is 32.2. The van der Waals surface area contributed by atoms with Gasteiger partial charge in [-0.2, -0.15) is 0 Å². The molecule has 1 aromatic carbocycles. The van der Waals surface area contributed by atoms with E-state index in [2.05, 4.69) is 24.3 Å². The molecule has 1 aliphatic heterocycles. The highest BCUT2D eigenvalue weighted by Crippen LogP contribution is 2.26. The smallest absolute Gasteiger partial charge is 0.221 e. The van der Waals surface area contributed by atoms with Gasteiger partial charge in [-0.25, -0.2) is 8.42 Å². The molecular formula is C17H23N3O3S. The number of rotatable bonds is 7. The normalized spacial score (nSPS) is 17.4. The average Bonchev–Trinajstić information content (AvgIpc) is 2.70. The van der Waals surface area contributed by atoms with Gasteiger partial charge in [-0.15, -0.1) is 0 Å². The Morgan fingerprint density at radius 2 is 1.96 bits per heavy atom. The van der Waals surface area contributed by atoms with Crippen molar-refractivity contribution in [3.05, 3.63) is 42.6 Å². The summed E-state index contributed by atoms with van der Waals surface area (Å²) in [6.07, 6.45) is 4.04. The van der Waals surface area contributed by atoms with Gasteiger partial charge < -0.3 is 9.87 Å². The third-order valence-corrected chi connectivity index (χ3v) is 4.91. The first-order valence-electron chi connectivity index (χ1n) is 7.82. The fourth-order valence-electron chi connectivity index (χ4n) is 2.48. The van der Waals surface area contributed by atoms with E-state index in [1.807, 2.05) is 49.5 Å². The van der Waals surface area contributed by atoms with Crippen molar-refractivity contribution < 1.29 is 17.7 Å². The minimum absolute atomic E-state index is 0.245. The van der Waals surface area contributed by atoms with Crippen molar-refractivity contribution in [2.75, 3.05) is 17.6 Å². The number of para-hydroxylation sites is 1. The molecule has 7 heteroatoms. The Hall–Kier alpha value is -1.99. The molecule has 0 bridgehead atoms. The van der Waals surface area contributed by atoms with Crippen LogP contribution in [-0.2, 0) is 10.1 Å². The van der Waals surface area contributed by atoms with Crippen LogP contribution >= 0.6 is 0 Å². The summed E-state index contributed by atoms with van der Waals surface area (Å²) < 4.78 is 34.1. The van der Waals surface area contributed by atoms with E-state index in [0.29, 0.717) is 6.54 Å². The number of hydrogen-bond donors (Lipinski definition) is 1. The molecule has 0 aromatic heterocycles. The maximum absolute atomic E-state index is 10.8. The van der Waals surface area contributed by atoms with Crippen molar-refractivity contribution in [1.29, 1.82) is 0 Å². The predicted octanol–water partition coefficient (Wildman–Crippen LogP) is 2.42. The van der Waals surface area contributed by atoms with Crippen LogP contribution in [0.3, 0.4) is 0 Å². The van der Waals surface area contributed by atoms with Gasteiger partial charge >= 0.3 is 0 Å². The first-order chi connectivity index (χ1) is 11.2. The fourth-order valence-corrected chi connectivity index (χ4v) is 2.96. The molecule has 130 valence electrons. The summed E-state index contributed by atoms with van der Waals surface area (Å²) in [5.41, 5.74) is 2.65. The van der Waals surface area contributed by atoms with Gasteiger partial charge in [-0.1, -0.05) is 22.9 Å². The molecule has 0 spiro atoms. The average molecular weight is 349 g/mol. The minimum Gasteiger partial charge on any atom is -0.748 e. The summed E-state index contributed by atoms with van der Waals surface area (Å²) in [7, 11) is -4.19. The number of nitrogens with zero attached hydrogens (tertiary/aromatic N) is 2. The van der Waals surface area contributed by atoms with Crippen LogP contribution in [0.25, 0.3) is 0 Å². The predicted molar refractivity (Wildman–Crippen MR) is 95.4 cm³/mol. The Balaban J connectivity index is 2.13. The van der Waals surface area contributed by atoms with Gasteiger partial charge in [-0.05, 0) is 38.0 Å². The van der Waals surface area contributed by atoms with E-state index in [9.17, 15) is 13.0 Å². The molecule has 0 radical (unpaired) electrons. The van der Waals surface area contributed by atoms with E-state index >= 15 is 0 Å². The second-order valence-corrected chi connectivity index (χ2v) is 7.80. The van der Waals surface area contributed by atoms with Gasteiger partial charge in [0.25, 0.3) is 0 Å². The van der Waals surface area contributed by atoms with Gasteiger partial charge in [-0.3, -0.25) is 0 Å². The van der Waals surface area contributed by atoms with E-state index in [4.69, 9.17) is 0 Å². The Morgan fingerprint density at radius 1 is 1.29 bits per heavy atom.